The summed E-state index contributed by atoms with van der Waals surface area (Å²) in [6.07, 6.45) is 0.631. The third-order valence-electron chi connectivity index (χ3n) is 2.03. The van der Waals surface area contributed by atoms with Crippen LogP contribution in [0.15, 0.2) is 5.16 Å². The van der Waals surface area contributed by atoms with Crippen molar-refractivity contribution in [1.29, 1.82) is 0 Å². The summed E-state index contributed by atoms with van der Waals surface area (Å²) in [6, 6.07) is 0. The Labute approximate surface area is 82.7 Å². The highest BCUT2D eigenvalue weighted by molar-refractivity contribution is 5.85. The molecule has 5 nitrogen and oxygen atoms in total. The van der Waals surface area contributed by atoms with Gasteiger partial charge < -0.3 is 14.7 Å². The molecule has 0 aliphatic carbocycles. The van der Waals surface area contributed by atoms with E-state index in [0.29, 0.717) is 12.8 Å². The van der Waals surface area contributed by atoms with Crippen LogP contribution in [0.25, 0.3) is 0 Å². The van der Waals surface area contributed by atoms with Gasteiger partial charge in [-0.15, -0.1) is 0 Å². The van der Waals surface area contributed by atoms with E-state index in [9.17, 15) is 4.79 Å². The standard InChI is InChI=1S/C9H15NO4/c1-6(13-7(2)12)9-5-8(3-4-11)10-14-9/h6,9,11H,3-5H2,1-2H3/t6-,9-/m1/s1. The van der Waals surface area contributed by atoms with Crippen molar-refractivity contribution in [1.82, 2.24) is 0 Å². The molecule has 5 heteroatoms. The van der Waals surface area contributed by atoms with Gasteiger partial charge >= 0.3 is 5.97 Å². The monoisotopic (exact) mass is 201 g/mol. The first-order valence-corrected chi connectivity index (χ1v) is 4.63. The van der Waals surface area contributed by atoms with Gasteiger partial charge in [-0.2, -0.15) is 0 Å². The molecule has 0 fully saturated rings. The van der Waals surface area contributed by atoms with Crippen LogP contribution in [0.4, 0.5) is 0 Å². The lowest BCUT2D eigenvalue weighted by Gasteiger charge is -2.16. The number of ether oxygens (including phenoxy) is 1. The third kappa shape index (κ3) is 2.99. The molecule has 0 spiro atoms. The van der Waals surface area contributed by atoms with E-state index in [1.54, 1.807) is 6.92 Å². The van der Waals surface area contributed by atoms with Crippen LogP contribution in [0.3, 0.4) is 0 Å². The molecule has 1 rings (SSSR count). The van der Waals surface area contributed by atoms with E-state index in [0.717, 1.165) is 5.71 Å². The van der Waals surface area contributed by atoms with E-state index in [1.165, 1.54) is 6.92 Å². The first kappa shape index (κ1) is 11.0. The summed E-state index contributed by atoms with van der Waals surface area (Å²) in [5, 5.41) is 12.5. The van der Waals surface area contributed by atoms with Gasteiger partial charge in [-0.1, -0.05) is 5.16 Å². The van der Waals surface area contributed by atoms with Crippen molar-refractivity contribution in [3.8, 4) is 0 Å². The molecule has 0 unspecified atom stereocenters. The number of aliphatic hydroxyl groups excluding tert-OH is 1. The van der Waals surface area contributed by atoms with Gasteiger partial charge in [0.05, 0.1) is 5.71 Å². The van der Waals surface area contributed by atoms with Crippen molar-refractivity contribution >= 4 is 11.7 Å². The molecule has 1 heterocycles. The van der Waals surface area contributed by atoms with E-state index >= 15 is 0 Å². The van der Waals surface area contributed by atoms with Crippen LogP contribution in [-0.2, 0) is 14.4 Å². The van der Waals surface area contributed by atoms with Gasteiger partial charge in [-0.3, -0.25) is 4.79 Å². The van der Waals surface area contributed by atoms with Crippen molar-refractivity contribution < 1.29 is 19.5 Å². The lowest BCUT2D eigenvalue weighted by molar-refractivity contribution is -0.152. The topological polar surface area (TPSA) is 68.1 Å². The Hall–Kier alpha value is -1.10. The maximum atomic E-state index is 10.7. The van der Waals surface area contributed by atoms with Crippen LogP contribution in [0.1, 0.15) is 26.7 Å². The lowest BCUT2D eigenvalue weighted by Crippen LogP contribution is -2.28. The summed E-state index contributed by atoms with van der Waals surface area (Å²) in [5.41, 5.74) is 0.816. The second-order valence-corrected chi connectivity index (χ2v) is 3.29. The zero-order chi connectivity index (χ0) is 10.6. The fourth-order valence-electron chi connectivity index (χ4n) is 1.32. The number of hydrogen-bond acceptors (Lipinski definition) is 5. The number of esters is 1. The Bertz CT molecular complexity index is 239. The predicted octanol–water partition coefficient (Wildman–Crippen LogP) is 0.465. The second-order valence-electron chi connectivity index (χ2n) is 3.29. The van der Waals surface area contributed by atoms with Crippen molar-refractivity contribution in [2.24, 2.45) is 5.16 Å². The predicted molar refractivity (Wildman–Crippen MR) is 49.9 cm³/mol. The number of carbonyl (C=O) groups is 1. The first-order chi connectivity index (χ1) is 6.63. The number of carbonyl (C=O) groups excluding carboxylic acids is 1. The number of nitrogens with zero attached hydrogens (tertiary/aromatic N) is 1. The smallest absolute Gasteiger partial charge is 0.303 e. The summed E-state index contributed by atoms with van der Waals surface area (Å²) in [4.78, 5) is 15.7. The normalized spacial score (nSPS) is 22.5. The molecule has 80 valence electrons. The van der Waals surface area contributed by atoms with Crippen LogP contribution in [0.5, 0.6) is 0 Å². The maximum absolute atomic E-state index is 10.7. The first-order valence-electron chi connectivity index (χ1n) is 4.63. The molecular weight excluding hydrogens is 186 g/mol. The van der Waals surface area contributed by atoms with E-state index in [1.807, 2.05) is 0 Å². The molecule has 0 aromatic rings. The Morgan fingerprint density at radius 2 is 2.57 bits per heavy atom. The molecule has 0 saturated carbocycles. The van der Waals surface area contributed by atoms with E-state index in [4.69, 9.17) is 14.7 Å². The molecule has 0 aromatic heterocycles. The summed E-state index contributed by atoms with van der Waals surface area (Å²) in [5.74, 6) is -0.322. The number of aliphatic hydroxyl groups is 1. The van der Waals surface area contributed by atoms with Crippen LogP contribution in [-0.4, -0.2) is 35.6 Å². The second kappa shape index (κ2) is 4.95. The van der Waals surface area contributed by atoms with Crippen LogP contribution < -0.4 is 0 Å². The number of hydrogen-bond donors (Lipinski definition) is 1. The van der Waals surface area contributed by atoms with Crippen LogP contribution in [0, 0.1) is 0 Å². The summed E-state index contributed by atoms with van der Waals surface area (Å²) in [7, 11) is 0. The van der Waals surface area contributed by atoms with E-state index in [2.05, 4.69) is 5.16 Å². The minimum Gasteiger partial charge on any atom is -0.459 e. The molecule has 1 aliphatic rings. The molecular formula is C9H15NO4. The summed E-state index contributed by atoms with van der Waals surface area (Å²) < 4.78 is 4.96. The quantitative estimate of drug-likeness (QED) is 0.671. The molecule has 1 N–H and O–H groups in total. The fraction of sp³-hybridized carbons (Fsp3) is 0.778. The largest absolute Gasteiger partial charge is 0.459 e. The molecule has 14 heavy (non-hydrogen) atoms. The van der Waals surface area contributed by atoms with Crippen LogP contribution in [0.2, 0.25) is 0 Å². The molecule has 2 atom stereocenters. The van der Waals surface area contributed by atoms with E-state index in [-0.39, 0.29) is 24.8 Å². The summed E-state index contributed by atoms with van der Waals surface area (Å²) in [6.45, 7) is 3.20. The van der Waals surface area contributed by atoms with Gasteiger partial charge in [0.1, 0.15) is 6.10 Å². The minimum atomic E-state index is -0.322. The highest BCUT2D eigenvalue weighted by Gasteiger charge is 2.28. The molecule has 0 bridgehead atoms. The van der Waals surface area contributed by atoms with Crippen molar-refractivity contribution in [2.75, 3.05) is 6.61 Å². The zero-order valence-corrected chi connectivity index (χ0v) is 8.40. The van der Waals surface area contributed by atoms with Crippen molar-refractivity contribution in [3.05, 3.63) is 0 Å². The van der Waals surface area contributed by atoms with Gasteiger partial charge in [-0.05, 0) is 6.92 Å². The highest BCUT2D eigenvalue weighted by Crippen LogP contribution is 2.17. The van der Waals surface area contributed by atoms with Gasteiger partial charge in [0, 0.05) is 26.4 Å². The molecule has 1 aliphatic heterocycles. The SMILES string of the molecule is CC(=O)O[C@H](C)[C@H]1CC(CCO)=NO1. The summed E-state index contributed by atoms with van der Waals surface area (Å²) >= 11 is 0. The Balaban J connectivity index is 2.33. The molecule has 0 saturated heterocycles. The number of rotatable bonds is 4. The fourth-order valence-corrected chi connectivity index (χ4v) is 1.32. The van der Waals surface area contributed by atoms with Crippen molar-refractivity contribution in [3.63, 3.8) is 0 Å². The Morgan fingerprint density at radius 3 is 3.14 bits per heavy atom. The highest BCUT2D eigenvalue weighted by atomic mass is 16.7. The molecule has 0 amide bonds. The van der Waals surface area contributed by atoms with Gasteiger partial charge in [-0.25, -0.2) is 0 Å². The van der Waals surface area contributed by atoms with Crippen molar-refractivity contribution in [2.45, 2.75) is 38.9 Å². The average Bonchev–Trinajstić information content (AvgIpc) is 2.52. The Morgan fingerprint density at radius 1 is 1.86 bits per heavy atom. The van der Waals surface area contributed by atoms with Gasteiger partial charge in [0.15, 0.2) is 6.10 Å². The average molecular weight is 201 g/mol. The molecule has 0 radical (unpaired) electrons. The Kier molecular flexibility index (Phi) is 3.88. The lowest BCUT2D eigenvalue weighted by atomic mass is 10.1. The minimum absolute atomic E-state index is 0.0663. The van der Waals surface area contributed by atoms with Crippen LogP contribution >= 0.6 is 0 Å². The maximum Gasteiger partial charge on any atom is 0.303 e. The van der Waals surface area contributed by atoms with Gasteiger partial charge in [0.25, 0.3) is 0 Å². The molecule has 0 aromatic carbocycles. The third-order valence-corrected chi connectivity index (χ3v) is 2.03. The number of oxime groups is 1. The van der Waals surface area contributed by atoms with E-state index < -0.39 is 0 Å². The zero-order valence-electron chi connectivity index (χ0n) is 8.40. The van der Waals surface area contributed by atoms with Gasteiger partial charge in [0.2, 0.25) is 0 Å².